The molecule has 0 saturated heterocycles. The third-order valence-electron chi connectivity index (χ3n) is 4.01. The molecule has 130 valence electrons. The molecule has 0 fully saturated rings. The maximum atomic E-state index is 12.5. The first kappa shape index (κ1) is 18.1. The Morgan fingerprint density at radius 3 is 2.17 bits per heavy atom. The number of nitrogens with one attached hydrogen (secondary N) is 1. The van der Waals surface area contributed by atoms with Gasteiger partial charge in [-0.3, -0.25) is 4.72 Å². The molecule has 5 nitrogen and oxygen atoms in total. The first-order valence-corrected chi connectivity index (χ1v) is 9.24. The van der Waals surface area contributed by atoms with Crippen molar-refractivity contribution in [2.24, 2.45) is 0 Å². The SMILES string of the molecule is CC[C@H](C)c1ccc(NS(=O)(=O)c2ccc(OC)c(OC)c2)cc1. The zero-order chi connectivity index (χ0) is 17.7. The molecule has 0 aliphatic rings. The van der Waals surface area contributed by atoms with Gasteiger partial charge in [0.05, 0.1) is 19.1 Å². The summed E-state index contributed by atoms with van der Waals surface area (Å²) in [5.74, 6) is 1.29. The molecule has 2 aromatic rings. The molecular formula is C18H23NO4S. The van der Waals surface area contributed by atoms with Gasteiger partial charge in [0, 0.05) is 11.8 Å². The Bertz CT molecular complexity index is 785. The average Bonchev–Trinajstić information content (AvgIpc) is 2.60. The predicted octanol–water partition coefficient (Wildman–Crippen LogP) is 4.02. The van der Waals surface area contributed by atoms with Gasteiger partial charge in [0.25, 0.3) is 10.0 Å². The average molecular weight is 349 g/mol. The van der Waals surface area contributed by atoms with Gasteiger partial charge in [-0.1, -0.05) is 26.0 Å². The van der Waals surface area contributed by atoms with E-state index in [1.165, 1.54) is 31.9 Å². The van der Waals surface area contributed by atoms with Crippen molar-refractivity contribution in [2.75, 3.05) is 18.9 Å². The van der Waals surface area contributed by atoms with Crippen molar-refractivity contribution in [3.05, 3.63) is 48.0 Å². The largest absolute Gasteiger partial charge is 0.493 e. The lowest BCUT2D eigenvalue weighted by molar-refractivity contribution is 0.354. The number of hydrogen-bond acceptors (Lipinski definition) is 4. The van der Waals surface area contributed by atoms with Gasteiger partial charge in [0.15, 0.2) is 11.5 Å². The highest BCUT2D eigenvalue weighted by Gasteiger charge is 2.17. The highest BCUT2D eigenvalue weighted by molar-refractivity contribution is 7.92. The summed E-state index contributed by atoms with van der Waals surface area (Å²) in [6.07, 6.45) is 1.04. The maximum Gasteiger partial charge on any atom is 0.262 e. The van der Waals surface area contributed by atoms with Crippen molar-refractivity contribution in [1.82, 2.24) is 0 Å². The van der Waals surface area contributed by atoms with E-state index in [0.717, 1.165) is 6.42 Å². The highest BCUT2D eigenvalue weighted by Crippen LogP contribution is 2.30. The van der Waals surface area contributed by atoms with E-state index in [1.807, 2.05) is 12.1 Å². The minimum atomic E-state index is -3.70. The van der Waals surface area contributed by atoms with Crippen molar-refractivity contribution >= 4 is 15.7 Å². The summed E-state index contributed by atoms with van der Waals surface area (Å²) in [5.41, 5.74) is 1.71. The molecule has 2 aromatic carbocycles. The number of sulfonamides is 1. The zero-order valence-corrected chi connectivity index (χ0v) is 15.2. The van der Waals surface area contributed by atoms with Crippen molar-refractivity contribution in [3.63, 3.8) is 0 Å². The van der Waals surface area contributed by atoms with Crippen LogP contribution in [0.5, 0.6) is 11.5 Å². The van der Waals surface area contributed by atoms with Crippen molar-refractivity contribution < 1.29 is 17.9 Å². The van der Waals surface area contributed by atoms with Crippen LogP contribution in [0.2, 0.25) is 0 Å². The zero-order valence-electron chi connectivity index (χ0n) is 14.4. The van der Waals surface area contributed by atoms with Crippen LogP contribution in [-0.4, -0.2) is 22.6 Å². The molecule has 0 aliphatic heterocycles. The van der Waals surface area contributed by atoms with Crippen molar-refractivity contribution in [2.45, 2.75) is 31.1 Å². The van der Waals surface area contributed by atoms with Gasteiger partial charge >= 0.3 is 0 Å². The van der Waals surface area contributed by atoms with Crippen LogP contribution in [0, 0.1) is 0 Å². The Labute approximate surface area is 143 Å². The Balaban J connectivity index is 2.25. The fourth-order valence-corrected chi connectivity index (χ4v) is 3.39. The first-order valence-electron chi connectivity index (χ1n) is 7.76. The van der Waals surface area contributed by atoms with Gasteiger partial charge in [0.2, 0.25) is 0 Å². The molecule has 6 heteroatoms. The lowest BCUT2D eigenvalue weighted by Gasteiger charge is -2.13. The smallest absolute Gasteiger partial charge is 0.262 e. The quantitative estimate of drug-likeness (QED) is 0.820. The van der Waals surface area contributed by atoms with Crippen molar-refractivity contribution in [3.8, 4) is 11.5 Å². The minimum Gasteiger partial charge on any atom is -0.493 e. The third-order valence-corrected chi connectivity index (χ3v) is 5.39. The van der Waals surface area contributed by atoms with E-state index in [-0.39, 0.29) is 4.90 Å². The molecule has 0 bridgehead atoms. The fourth-order valence-electron chi connectivity index (χ4n) is 2.31. The molecule has 0 amide bonds. The Kier molecular flexibility index (Phi) is 5.72. The van der Waals surface area contributed by atoms with Crippen LogP contribution in [0.1, 0.15) is 31.7 Å². The van der Waals surface area contributed by atoms with E-state index in [9.17, 15) is 8.42 Å². The van der Waals surface area contributed by atoms with Gasteiger partial charge in [-0.2, -0.15) is 0 Å². The number of hydrogen-bond donors (Lipinski definition) is 1. The van der Waals surface area contributed by atoms with Crippen LogP contribution in [0.15, 0.2) is 47.4 Å². The summed E-state index contributed by atoms with van der Waals surface area (Å²) in [6, 6.07) is 11.9. The van der Waals surface area contributed by atoms with E-state index in [1.54, 1.807) is 18.2 Å². The summed E-state index contributed by atoms with van der Waals surface area (Å²) in [7, 11) is -0.724. The maximum absolute atomic E-state index is 12.5. The molecule has 24 heavy (non-hydrogen) atoms. The van der Waals surface area contributed by atoms with E-state index in [4.69, 9.17) is 9.47 Å². The summed E-state index contributed by atoms with van der Waals surface area (Å²) < 4.78 is 37.9. The molecule has 0 aromatic heterocycles. The number of anilines is 1. The summed E-state index contributed by atoms with van der Waals surface area (Å²) >= 11 is 0. The van der Waals surface area contributed by atoms with E-state index in [0.29, 0.717) is 23.1 Å². The van der Waals surface area contributed by atoms with Crippen LogP contribution in [0.3, 0.4) is 0 Å². The Morgan fingerprint density at radius 1 is 1.00 bits per heavy atom. The van der Waals surface area contributed by atoms with E-state index >= 15 is 0 Å². The molecule has 0 radical (unpaired) electrons. The summed E-state index contributed by atoms with van der Waals surface area (Å²) in [6.45, 7) is 4.27. The number of ether oxygens (including phenoxy) is 2. The third kappa shape index (κ3) is 4.00. The second-order valence-electron chi connectivity index (χ2n) is 5.55. The Morgan fingerprint density at radius 2 is 1.62 bits per heavy atom. The Hall–Kier alpha value is -2.21. The lowest BCUT2D eigenvalue weighted by atomic mass is 9.99. The topological polar surface area (TPSA) is 64.6 Å². The van der Waals surface area contributed by atoms with Gasteiger partial charge in [-0.15, -0.1) is 0 Å². The van der Waals surface area contributed by atoms with Gasteiger partial charge < -0.3 is 9.47 Å². The van der Waals surface area contributed by atoms with Crippen molar-refractivity contribution in [1.29, 1.82) is 0 Å². The minimum absolute atomic E-state index is 0.117. The second kappa shape index (κ2) is 7.57. The number of rotatable bonds is 7. The van der Waals surface area contributed by atoms with Crippen LogP contribution < -0.4 is 14.2 Å². The molecule has 1 atom stereocenters. The monoisotopic (exact) mass is 349 g/mol. The molecule has 0 unspecified atom stereocenters. The molecule has 0 saturated carbocycles. The normalized spacial score (nSPS) is 12.5. The van der Waals surface area contributed by atoms with Crippen LogP contribution in [-0.2, 0) is 10.0 Å². The fraction of sp³-hybridized carbons (Fsp3) is 0.333. The first-order chi connectivity index (χ1) is 11.4. The number of benzene rings is 2. The molecular weight excluding hydrogens is 326 g/mol. The number of methoxy groups -OCH3 is 2. The predicted molar refractivity (Wildman–Crippen MR) is 95.5 cm³/mol. The second-order valence-corrected chi connectivity index (χ2v) is 7.24. The van der Waals surface area contributed by atoms with E-state index < -0.39 is 10.0 Å². The summed E-state index contributed by atoms with van der Waals surface area (Å²) in [5, 5.41) is 0. The molecule has 2 rings (SSSR count). The van der Waals surface area contributed by atoms with E-state index in [2.05, 4.69) is 18.6 Å². The lowest BCUT2D eigenvalue weighted by Crippen LogP contribution is -2.13. The van der Waals surface area contributed by atoms with Gasteiger partial charge in [-0.25, -0.2) is 8.42 Å². The van der Waals surface area contributed by atoms with Crippen LogP contribution in [0.4, 0.5) is 5.69 Å². The van der Waals surface area contributed by atoms with Crippen LogP contribution in [0.25, 0.3) is 0 Å². The molecule has 1 N–H and O–H groups in total. The van der Waals surface area contributed by atoms with Gasteiger partial charge in [-0.05, 0) is 42.2 Å². The standard InChI is InChI=1S/C18H23NO4S/c1-5-13(2)14-6-8-15(9-7-14)19-24(20,21)16-10-11-17(22-3)18(12-16)23-4/h6-13,19H,5H2,1-4H3/t13-/m0/s1. The molecule has 0 heterocycles. The molecule has 0 spiro atoms. The van der Waals surface area contributed by atoms with Crippen LogP contribution >= 0.6 is 0 Å². The highest BCUT2D eigenvalue weighted by atomic mass is 32.2. The molecule has 0 aliphatic carbocycles. The summed E-state index contributed by atoms with van der Waals surface area (Å²) in [4.78, 5) is 0.117. The van der Waals surface area contributed by atoms with Gasteiger partial charge in [0.1, 0.15) is 0 Å².